The molecule has 0 saturated carbocycles. The van der Waals surface area contributed by atoms with Gasteiger partial charge in [0.15, 0.2) is 22.2 Å². The summed E-state index contributed by atoms with van der Waals surface area (Å²) in [6.45, 7) is 2.02. The van der Waals surface area contributed by atoms with Crippen molar-refractivity contribution in [3.05, 3.63) is 119 Å². The highest BCUT2D eigenvalue weighted by Gasteiger charge is 2.42. The molecule has 1 atom stereocenters. The number of furan rings is 1. The van der Waals surface area contributed by atoms with Gasteiger partial charge >= 0.3 is 0 Å². The van der Waals surface area contributed by atoms with Crippen molar-refractivity contribution < 1.29 is 4.42 Å². The molecule has 2 aromatic heterocycles. The molecule has 0 radical (unpaired) electrons. The van der Waals surface area contributed by atoms with Crippen LogP contribution in [0.5, 0.6) is 0 Å². The summed E-state index contributed by atoms with van der Waals surface area (Å²) in [4.78, 5) is 12.4. The van der Waals surface area contributed by atoms with Crippen LogP contribution < -0.4 is 10.2 Å². The molecule has 4 heterocycles. The molecule has 7 rings (SSSR count). The third-order valence-electron chi connectivity index (χ3n) is 6.54. The lowest BCUT2D eigenvalue weighted by molar-refractivity contribution is 0.468. The van der Waals surface area contributed by atoms with Gasteiger partial charge in [-0.05, 0) is 71.4 Å². The Labute approximate surface area is 221 Å². The summed E-state index contributed by atoms with van der Waals surface area (Å²) in [7, 11) is 0. The van der Waals surface area contributed by atoms with Crippen molar-refractivity contribution in [2.24, 2.45) is 9.98 Å². The highest BCUT2D eigenvalue weighted by Crippen LogP contribution is 2.48. The van der Waals surface area contributed by atoms with Crippen LogP contribution in [0, 0.1) is 6.92 Å². The molecule has 0 aliphatic carbocycles. The molecule has 2 aliphatic rings. The zero-order valence-electron chi connectivity index (χ0n) is 19.8. The molecule has 1 N–H and O–H groups in total. The number of hydrogen-bond donors (Lipinski definition) is 1. The average Bonchev–Trinajstić information content (AvgIpc) is 3.51. The number of anilines is 2. The minimum atomic E-state index is -0.296. The molecule has 8 heteroatoms. The van der Waals surface area contributed by atoms with Gasteiger partial charge in [-0.2, -0.15) is 5.10 Å². The monoisotopic (exact) mass is 548 g/mol. The lowest BCUT2D eigenvalue weighted by atomic mass is 9.98. The second-order valence-corrected chi connectivity index (χ2v) is 9.64. The maximum absolute atomic E-state index is 6.19. The predicted molar refractivity (Wildman–Crippen MR) is 150 cm³/mol. The van der Waals surface area contributed by atoms with E-state index in [2.05, 4.69) is 32.2 Å². The fourth-order valence-electron chi connectivity index (χ4n) is 4.95. The fraction of sp³-hybridized carbons (Fsp3) is 0.0690. The molecule has 0 bridgehead atoms. The van der Waals surface area contributed by atoms with Crippen LogP contribution in [0.15, 0.2) is 116 Å². The number of rotatable bonds is 3. The normalized spacial score (nSPS) is 15.8. The first kappa shape index (κ1) is 21.8. The molecule has 0 amide bonds. The van der Waals surface area contributed by atoms with Crippen LogP contribution in [-0.2, 0) is 0 Å². The Kier molecular flexibility index (Phi) is 5.07. The van der Waals surface area contributed by atoms with Crippen LogP contribution in [0.1, 0.15) is 23.1 Å². The molecule has 2 aliphatic heterocycles. The molecular weight excluding hydrogens is 528 g/mol. The van der Waals surface area contributed by atoms with E-state index < -0.39 is 0 Å². The second kappa shape index (κ2) is 8.60. The van der Waals surface area contributed by atoms with E-state index >= 15 is 0 Å². The Morgan fingerprint density at radius 3 is 2.32 bits per heavy atom. The number of halogens is 1. The van der Waals surface area contributed by atoms with Crippen LogP contribution in [0.3, 0.4) is 0 Å². The van der Waals surface area contributed by atoms with Crippen LogP contribution in [0.2, 0.25) is 0 Å². The average molecular weight is 549 g/mol. The number of fused-ring (bicyclic) bond motifs is 4. The van der Waals surface area contributed by atoms with Crippen LogP contribution in [-0.4, -0.2) is 21.5 Å². The number of aryl methyl sites for hydroxylation is 1. The van der Waals surface area contributed by atoms with Crippen molar-refractivity contribution in [2.75, 3.05) is 10.2 Å². The summed E-state index contributed by atoms with van der Waals surface area (Å²) in [6, 6.07) is 31.8. The van der Waals surface area contributed by atoms with E-state index in [0.717, 1.165) is 45.6 Å². The van der Waals surface area contributed by atoms with Crippen LogP contribution >= 0.6 is 15.9 Å². The molecule has 0 spiro atoms. The number of benzene rings is 3. The van der Waals surface area contributed by atoms with E-state index in [-0.39, 0.29) is 6.04 Å². The molecule has 5 aromatic rings. The van der Waals surface area contributed by atoms with Gasteiger partial charge in [-0.1, -0.05) is 48.5 Å². The van der Waals surface area contributed by atoms with Gasteiger partial charge in [0.2, 0.25) is 0 Å². The van der Waals surface area contributed by atoms with Gasteiger partial charge in [-0.25, -0.2) is 14.7 Å². The first-order chi connectivity index (χ1) is 18.2. The van der Waals surface area contributed by atoms with Gasteiger partial charge in [0.1, 0.15) is 11.8 Å². The number of aromatic nitrogens is 2. The molecule has 7 nitrogen and oxygen atoms in total. The van der Waals surface area contributed by atoms with E-state index in [9.17, 15) is 0 Å². The third kappa shape index (κ3) is 3.60. The number of aliphatic imine (C=N–C) groups is 2. The lowest BCUT2D eigenvalue weighted by Crippen LogP contribution is -2.46. The quantitative estimate of drug-likeness (QED) is 0.256. The third-order valence-corrected chi connectivity index (χ3v) is 6.97. The first-order valence-corrected chi connectivity index (χ1v) is 12.7. The number of para-hydroxylation sites is 4. The summed E-state index contributed by atoms with van der Waals surface area (Å²) in [5.74, 6) is 2.90. The smallest absolute Gasteiger partial charge is 0.179 e. The minimum Gasteiger partial charge on any atom is -0.452 e. The zero-order chi connectivity index (χ0) is 24.9. The summed E-state index contributed by atoms with van der Waals surface area (Å²) in [5.41, 5.74) is 5.55. The highest BCUT2D eigenvalue weighted by molar-refractivity contribution is 9.10. The Morgan fingerprint density at radius 2 is 1.57 bits per heavy atom. The number of amidine groups is 2. The van der Waals surface area contributed by atoms with Crippen molar-refractivity contribution in [2.45, 2.75) is 13.0 Å². The molecule has 3 aromatic carbocycles. The zero-order valence-corrected chi connectivity index (χ0v) is 21.4. The van der Waals surface area contributed by atoms with Gasteiger partial charge < -0.3 is 14.6 Å². The van der Waals surface area contributed by atoms with Gasteiger partial charge in [0.05, 0.1) is 28.3 Å². The fourth-order valence-corrected chi connectivity index (χ4v) is 5.27. The van der Waals surface area contributed by atoms with Gasteiger partial charge in [0, 0.05) is 5.69 Å². The molecule has 180 valence electrons. The molecular formula is C29H21BrN6O. The molecule has 37 heavy (non-hydrogen) atoms. The molecule has 0 fully saturated rings. The minimum absolute atomic E-state index is 0.296. The van der Waals surface area contributed by atoms with E-state index in [4.69, 9.17) is 19.5 Å². The summed E-state index contributed by atoms with van der Waals surface area (Å²) in [5, 5.41) is 8.44. The Morgan fingerprint density at radius 1 is 0.838 bits per heavy atom. The first-order valence-electron chi connectivity index (χ1n) is 12.0. The lowest BCUT2D eigenvalue weighted by Gasteiger charge is -2.39. The Bertz CT molecular complexity index is 1690. The van der Waals surface area contributed by atoms with Crippen molar-refractivity contribution in [3.63, 3.8) is 0 Å². The molecule has 0 unspecified atom stereocenters. The molecule has 0 saturated heterocycles. The maximum atomic E-state index is 6.19. The van der Waals surface area contributed by atoms with Gasteiger partial charge in [-0.15, -0.1) is 0 Å². The SMILES string of the molecule is Cc1nn(-c2ccccc2)c2c1[C@H](c1ccc(Br)o1)N1C(=N2)C(Nc2ccccc2)=Nc2ccccc21. The second-order valence-electron chi connectivity index (χ2n) is 8.86. The number of hydrogen-bond acceptors (Lipinski definition) is 6. The van der Waals surface area contributed by atoms with E-state index in [1.165, 1.54) is 0 Å². The number of nitrogens with one attached hydrogen (secondary N) is 1. The van der Waals surface area contributed by atoms with Crippen LogP contribution in [0.4, 0.5) is 22.9 Å². The van der Waals surface area contributed by atoms with Crippen molar-refractivity contribution in [1.82, 2.24) is 9.78 Å². The Balaban J connectivity index is 1.51. The van der Waals surface area contributed by atoms with Crippen LogP contribution in [0.25, 0.3) is 5.69 Å². The van der Waals surface area contributed by atoms with Gasteiger partial charge in [0.25, 0.3) is 0 Å². The largest absolute Gasteiger partial charge is 0.452 e. The summed E-state index contributed by atoms with van der Waals surface area (Å²) < 4.78 is 8.76. The van der Waals surface area contributed by atoms with E-state index in [1.54, 1.807) is 0 Å². The van der Waals surface area contributed by atoms with E-state index in [0.29, 0.717) is 16.3 Å². The Hall–Kier alpha value is -4.43. The summed E-state index contributed by atoms with van der Waals surface area (Å²) in [6.07, 6.45) is 0. The van der Waals surface area contributed by atoms with Crippen molar-refractivity contribution in [3.8, 4) is 5.69 Å². The van der Waals surface area contributed by atoms with Crippen molar-refractivity contribution >= 4 is 50.5 Å². The summed E-state index contributed by atoms with van der Waals surface area (Å²) >= 11 is 3.50. The van der Waals surface area contributed by atoms with E-state index in [1.807, 2.05) is 103 Å². The van der Waals surface area contributed by atoms with Crippen molar-refractivity contribution in [1.29, 1.82) is 0 Å². The maximum Gasteiger partial charge on any atom is 0.179 e. The standard InChI is InChI=1S/C29H21BrN6O/c1-18-25-26(23-16-17-24(30)37-23)35-22-15-9-8-14-21(22)32-27(31-19-10-4-2-5-11-19)29(35)33-28(25)36(34-18)20-12-6-3-7-13-20/h2-17,26H,1H3,(H,31,32)/t26-/m0/s1. The topological polar surface area (TPSA) is 71.0 Å². The van der Waals surface area contributed by atoms with Gasteiger partial charge in [-0.3, -0.25) is 0 Å². The number of nitrogens with zero attached hydrogens (tertiary/aromatic N) is 5. The highest BCUT2D eigenvalue weighted by atomic mass is 79.9. The predicted octanol–water partition coefficient (Wildman–Crippen LogP) is 7.33.